The molecule has 1 rings (SSSR count). The molecule has 0 unspecified atom stereocenters. The molecule has 12 heavy (non-hydrogen) atoms. The van der Waals surface area contributed by atoms with E-state index in [0.29, 0.717) is 17.1 Å². The summed E-state index contributed by atoms with van der Waals surface area (Å²) in [5, 5.41) is 3.51. The van der Waals surface area contributed by atoms with Crippen LogP contribution in [0, 0.1) is 12.7 Å². The zero-order valence-electron chi connectivity index (χ0n) is 7.12. The molecule has 0 saturated heterocycles. The highest BCUT2D eigenvalue weighted by Gasteiger charge is 2.06. The zero-order valence-corrected chi connectivity index (χ0v) is 7.87. The predicted octanol–water partition coefficient (Wildman–Crippen LogP) is 2.51. The standard InChI is InChI=1S/C9H11ClFN/c1-6-7(5-12-2)9(11)4-3-8(6)10/h3-4,12H,5H2,1-2H3. The zero-order chi connectivity index (χ0) is 9.14. The van der Waals surface area contributed by atoms with Crippen molar-refractivity contribution >= 4 is 11.6 Å². The molecule has 0 saturated carbocycles. The Kier molecular flexibility index (Phi) is 3.06. The Hall–Kier alpha value is -0.600. The van der Waals surface area contributed by atoms with Crippen LogP contribution in [0.5, 0.6) is 0 Å². The first-order valence-corrected chi connectivity index (χ1v) is 4.12. The van der Waals surface area contributed by atoms with E-state index in [4.69, 9.17) is 11.6 Å². The molecular formula is C9H11ClFN. The number of nitrogens with one attached hydrogen (secondary N) is 1. The van der Waals surface area contributed by atoms with Crippen LogP contribution in [0.1, 0.15) is 11.1 Å². The van der Waals surface area contributed by atoms with Gasteiger partial charge < -0.3 is 5.32 Å². The summed E-state index contributed by atoms with van der Waals surface area (Å²) in [6, 6.07) is 2.97. The van der Waals surface area contributed by atoms with Crippen LogP contribution in [0.3, 0.4) is 0 Å². The van der Waals surface area contributed by atoms with Crippen LogP contribution >= 0.6 is 11.6 Å². The van der Waals surface area contributed by atoms with Gasteiger partial charge in [-0.2, -0.15) is 0 Å². The lowest BCUT2D eigenvalue weighted by Crippen LogP contribution is -2.08. The van der Waals surface area contributed by atoms with E-state index in [-0.39, 0.29) is 5.82 Å². The smallest absolute Gasteiger partial charge is 0.128 e. The van der Waals surface area contributed by atoms with Crippen LogP contribution in [-0.4, -0.2) is 7.05 Å². The van der Waals surface area contributed by atoms with E-state index in [1.807, 2.05) is 6.92 Å². The van der Waals surface area contributed by atoms with Gasteiger partial charge in [0.1, 0.15) is 5.82 Å². The van der Waals surface area contributed by atoms with Crippen LogP contribution < -0.4 is 5.32 Å². The SMILES string of the molecule is CNCc1c(F)ccc(Cl)c1C. The normalized spacial score (nSPS) is 10.3. The van der Waals surface area contributed by atoms with Crippen molar-refractivity contribution in [3.8, 4) is 0 Å². The van der Waals surface area contributed by atoms with Gasteiger partial charge in [-0.1, -0.05) is 11.6 Å². The van der Waals surface area contributed by atoms with Gasteiger partial charge in [0.25, 0.3) is 0 Å². The van der Waals surface area contributed by atoms with Crippen molar-refractivity contribution in [2.75, 3.05) is 7.05 Å². The molecule has 0 aliphatic heterocycles. The third-order valence-corrected chi connectivity index (χ3v) is 2.24. The molecule has 0 aliphatic carbocycles. The molecule has 0 heterocycles. The lowest BCUT2D eigenvalue weighted by molar-refractivity contribution is 0.598. The van der Waals surface area contributed by atoms with Gasteiger partial charge in [0.15, 0.2) is 0 Å². The summed E-state index contributed by atoms with van der Waals surface area (Å²) >= 11 is 5.83. The Morgan fingerprint density at radius 2 is 2.17 bits per heavy atom. The van der Waals surface area contributed by atoms with Gasteiger partial charge in [0.05, 0.1) is 0 Å². The molecular weight excluding hydrogens is 177 g/mol. The van der Waals surface area contributed by atoms with Crippen LogP contribution in [0.25, 0.3) is 0 Å². The van der Waals surface area contributed by atoms with Crippen LogP contribution in [0.15, 0.2) is 12.1 Å². The van der Waals surface area contributed by atoms with Crippen molar-refractivity contribution in [2.24, 2.45) is 0 Å². The fourth-order valence-electron chi connectivity index (χ4n) is 1.09. The Labute approximate surface area is 76.5 Å². The van der Waals surface area contributed by atoms with Crippen molar-refractivity contribution in [1.29, 1.82) is 0 Å². The molecule has 0 aromatic heterocycles. The third kappa shape index (κ3) is 1.76. The summed E-state index contributed by atoms with van der Waals surface area (Å²) in [5.41, 5.74) is 1.45. The lowest BCUT2D eigenvalue weighted by atomic mass is 10.1. The molecule has 3 heteroatoms. The van der Waals surface area contributed by atoms with E-state index < -0.39 is 0 Å². The van der Waals surface area contributed by atoms with Gasteiger partial charge in [0, 0.05) is 17.1 Å². The second kappa shape index (κ2) is 3.87. The summed E-state index contributed by atoms with van der Waals surface area (Å²) in [7, 11) is 1.78. The van der Waals surface area contributed by atoms with Gasteiger partial charge in [-0.05, 0) is 31.7 Å². The minimum atomic E-state index is -0.203. The summed E-state index contributed by atoms with van der Waals surface area (Å²) in [4.78, 5) is 0. The first-order chi connectivity index (χ1) is 5.66. The molecule has 0 amide bonds. The van der Waals surface area contributed by atoms with E-state index in [1.165, 1.54) is 6.07 Å². The molecule has 0 bridgehead atoms. The quantitative estimate of drug-likeness (QED) is 0.750. The highest BCUT2D eigenvalue weighted by Crippen LogP contribution is 2.21. The van der Waals surface area contributed by atoms with Crippen LogP contribution in [0.2, 0.25) is 5.02 Å². The van der Waals surface area contributed by atoms with Crippen LogP contribution in [-0.2, 0) is 6.54 Å². The van der Waals surface area contributed by atoms with Crippen molar-refractivity contribution in [1.82, 2.24) is 5.32 Å². The van der Waals surface area contributed by atoms with Gasteiger partial charge >= 0.3 is 0 Å². The van der Waals surface area contributed by atoms with Crippen LogP contribution in [0.4, 0.5) is 4.39 Å². The summed E-state index contributed by atoms with van der Waals surface area (Å²) in [5.74, 6) is -0.203. The third-order valence-electron chi connectivity index (χ3n) is 1.83. The summed E-state index contributed by atoms with van der Waals surface area (Å²) in [6.07, 6.45) is 0. The molecule has 0 atom stereocenters. The Bertz CT molecular complexity index is 286. The number of hydrogen-bond acceptors (Lipinski definition) is 1. The minimum absolute atomic E-state index is 0.203. The highest BCUT2D eigenvalue weighted by atomic mass is 35.5. The molecule has 1 N–H and O–H groups in total. The summed E-state index contributed by atoms with van der Waals surface area (Å²) in [6.45, 7) is 2.33. The first-order valence-electron chi connectivity index (χ1n) is 3.75. The van der Waals surface area contributed by atoms with Crippen molar-refractivity contribution < 1.29 is 4.39 Å². The second-order valence-corrected chi connectivity index (χ2v) is 3.07. The van der Waals surface area contributed by atoms with Gasteiger partial charge in [-0.15, -0.1) is 0 Å². The number of halogens is 2. The molecule has 0 spiro atoms. The first kappa shape index (κ1) is 9.49. The number of hydrogen-bond donors (Lipinski definition) is 1. The molecule has 0 radical (unpaired) electrons. The fraction of sp³-hybridized carbons (Fsp3) is 0.333. The monoisotopic (exact) mass is 187 g/mol. The lowest BCUT2D eigenvalue weighted by Gasteiger charge is -2.07. The maximum atomic E-state index is 13.1. The van der Waals surface area contributed by atoms with Crippen molar-refractivity contribution in [2.45, 2.75) is 13.5 Å². The maximum absolute atomic E-state index is 13.1. The van der Waals surface area contributed by atoms with E-state index in [9.17, 15) is 4.39 Å². The van der Waals surface area contributed by atoms with E-state index in [0.717, 1.165) is 5.56 Å². The number of rotatable bonds is 2. The molecule has 66 valence electrons. The van der Waals surface area contributed by atoms with Gasteiger partial charge in [-0.3, -0.25) is 0 Å². The Balaban J connectivity index is 3.14. The molecule has 1 aromatic carbocycles. The summed E-state index contributed by atoms with van der Waals surface area (Å²) < 4.78 is 13.1. The molecule has 0 fully saturated rings. The fourth-order valence-corrected chi connectivity index (χ4v) is 1.27. The van der Waals surface area contributed by atoms with Gasteiger partial charge in [0.2, 0.25) is 0 Å². The van der Waals surface area contributed by atoms with E-state index in [2.05, 4.69) is 5.32 Å². The maximum Gasteiger partial charge on any atom is 0.128 e. The highest BCUT2D eigenvalue weighted by molar-refractivity contribution is 6.31. The topological polar surface area (TPSA) is 12.0 Å². The largest absolute Gasteiger partial charge is 0.316 e. The van der Waals surface area contributed by atoms with E-state index >= 15 is 0 Å². The minimum Gasteiger partial charge on any atom is -0.316 e. The molecule has 1 nitrogen and oxygen atoms in total. The average molecular weight is 188 g/mol. The predicted molar refractivity (Wildman–Crippen MR) is 48.9 cm³/mol. The van der Waals surface area contributed by atoms with Crippen molar-refractivity contribution in [3.05, 3.63) is 34.1 Å². The molecule has 1 aromatic rings. The molecule has 0 aliphatic rings. The van der Waals surface area contributed by atoms with Crippen molar-refractivity contribution in [3.63, 3.8) is 0 Å². The Morgan fingerprint density at radius 3 is 2.75 bits per heavy atom. The average Bonchev–Trinajstić information content (AvgIpc) is 2.06. The van der Waals surface area contributed by atoms with E-state index in [1.54, 1.807) is 13.1 Å². The Morgan fingerprint density at radius 1 is 1.50 bits per heavy atom. The number of benzene rings is 1. The second-order valence-electron chi connectivity index (χ2n) is 2.66. The van der Waals surface area contributed by atoms with Gasteiger partial charge in [-0.25, -0.2) is 4.39 Å².